The lowest BCUT2D eigenvalue weighted by molar-refractivity contribution is 1.18. The number of para-hydroxylation sites is 6. The maximum Gasteiger partial charge on any atom is 0.0619 e. The van der Waals surface area contributed by atoms with Gasteiger partial charge in [0.2, 0.25) is 0 Å². The van der Waals surface area contributed by atoms with Crippen molar-refractivity contribution in [2.24, 2.45) is 0 Å². The number of fused-ring (bicyclic) bond motifs is 12. The molecule has 16 aromatic carbocycles. The third kappa shape index (κ3) is 9.92. The molecule has 0 spiro atoms. The lowest BCUT2D eigenvalue weighted by Crippen LogP contribution is -1.96. The number of benzene rings is 16. The molecule has 0 aliphatic rings. The van der Waals surface area contributed by atoms with Crippen molar-refractivity contribution in [3.63, 3.8) is 0 Å². The predicted molar refractivity (Wildman–Crippen MR) is 423 cm³/mol. The second kappa shape index (κ2) is 24.4. The van der Waals surface area contributed by atoms with E-state index < -0.39 is 0 Å². The fraction of sp³-hybridized carbons (Fsp3) is 0. The fourth-order valence-electron chi connectivity index (χ4n) is 15.6. The number of hydrogen-bond donors (Lipinski definition) is 0. The highest BCUT2D eigenvalue weighted by molar-refractivity contribution is 6.18. The van der Waals surface area contributed by atoms with Crippen LogP contribution in [0.5, 0.6) is 0 Å². The van der Waals surface area contributed by atoms with Crippen LogP contribution in [-0.4, -0.2) is 18.3 Å². The lowest BCUT2D eigenvalue weighted by atomic mass is 9.99. The molecule has 468 valence electrons. The Labute approximate surface area is 579 Å². The summed E-state index contributed by atoms with van der Waals surface area (Å²) < 4.78 is 9.69. The van der Waals surface area contributed by atoms with Gasteiger partial charge >= 0.3 is 0 Å². The molecule has 4 aromatic heterocycles. The predicted octanol–water partition coefficient (Wildman–Crippen LogP) is 25.8. The van der Waals surface area contributed by atoms with Crippen molar-refractivity contribution in [1.82, 2.24) is 18.3 Å². The van der Waals surface area contributed by atoms with E-state index in [0.29, 0.717) is 0 Å². The van der Waals surface area contributed by atoms with Crippen LogP contribution in [0.3, 0.4) is 0 Å². The average Bonchev–Trinajstić information content (AvgIpc) is 1.58. The standard InChI is InChI=1S/2C48H32N2/c1-3-13-33(14-4-1)35-25-28-38(29-26-35)49-45-23-9-8-20-42(45)44-32-37(27-30-47(44)49)40-21-12-22-43-41-19-7-10-24-46(41)50(48(40)43)39-18-11-17-36(31-39)34-15-5-2-6-16-34;1-3-12-33(13-4-1)35-22-27-38(28-23-35)49-45-20-9-8-17-42(45)44-32-37(26-31-47(44)49)40-18-11-19-43-41-16-7-10-21-46(41)50(48(40)43)39-29-24-36(25-30-39)34-14-5-2-6-15-34/h2*1-32H. The first kappa shape index (κ1) is 58.1. The SMILES string of the molecule is c1ccc(-c2ccc(-n3c4ccccc4c4cc(-c5cccc6c7ccccc7n(-c7ccc(-c8ccccc8)cc7)c56)ccc43)cc2)cc1.c1ccc(-c2ccc(-n3c4ccccc4c4cc(-c5cccc6c7ccccc7n(-c7cccc(-c8ccccc8)c7)c56)ccc43)cc2)cc1. The van der Waals surface area contributed by atoms with E-state index in [1.165, 1.54) is 154 Å². The average molecular weight is 1270 g/mol. The van der Waals surface area contributed by atoms with Crippen molar-refractivity contribution < 1.29 is 0 Å². The second-order valence-corrected chi connectivity index (χ2v) is 25.9. The van der Waals surface area contributed by atoms with Gasteiger partial charge < -0.3 is 18.3 Å². The van der Waals surface area contributed by atoms with Gasteiger partial charge in [-0.1, -0.05) is 291 Å². The van der Waals surface area contributed by atoms with Gasteiger partial charge in [0.15, 0.2) is 0 Å². The molecule has 20 rings (SSSR count). The summed E-state index contributed by atoms with van der Waals surface area (Å²) in [7, 11) is 0. The molecule has 0 fully saturated rings. The van der Waals surface area contributed by atoms with Crippen LogP contribution in [0.4, 0.5) is 0 Å². The van der Waals surface area contributed by atoms with E-state index in [0.717, 1.165) is 22.7 Å². The highest BCUT2D eigenvalue weighted by Gasteiger charge is 2.22. The Balaban J connectivity index is 0.000000139. The van der Waals surface area contributed by atoms with Crippen LogP contribution in [-0.2, 0) is 0 Å². The van der Waals surface area contributed by atoms with Crippen LogP contribution >= 0.6 is 0 Å². The molecule has 0 amide bonds. The lowest BCUT2D eigenvalue weighted by Gasteiger charge is -2.14. The van der Waals surface area contributed by atoms with E-state index in [9.17, 15) is 0 Å². The second-order valence-electron chi connectivity index (χ2n) is 25.9. The maximum absolute atomic E-state index is 2.45. The third-order valence-corrected chi connectivity index (χ3v) is 20.3. The molecule has 0 saturated heterocycles. The van der Waals surface area contributed by atoms with E-state index in [2.05, 4.69) is 407 Å². The summed E-state index contributed by atoms with van der Waals surface area (Å²) in [6.07, 6.45) is 0. The summed E-state index contributed by atoms with van der Waals surface area (Å²) in [6, 6.07) is 141. The largest absolute Gasteiger partial charge is 0.309 e. The monoisotopic (exact) mass is 1270 g/mol. The molecule has 20 aromatic rings. The van der Waals surface area contributed by atoms with Crippen LogP contribution in [0, 0.1) is 0 Å². The van der Waals surface area contributed by atoms with Crippen molar-refractivity contribution in [2.75, 3.05) is 0 Å². The van der Waals surface area contributed by atoms with Gasteiger partial charge in [-0.15, -0.1) is 0 Å². The summed E-state index contributed by atoms with van der Waals surface area (Å²) in [4.78, 5) is 0. The van der Waals surface area contributed by atoms with E-state index in [4.69, 9.17) is 0 Å². The van der Waals surface area contributed by atoms with Crippen LogP contribution < -0.4 is 0 Å². The minimum Gasteiger partial charge on any atom is -0.309 e. The van der Waals surface area contributed by atoms with Crippen LogP contribution in [0.2, 0.25) is 0 Å². The fourth-order valence-corrected chi connectivity index (χ4v) is 15.6. The summed E-state index contributed by atoms with van der Waals surface area (Å²) >= 11 is 0. The zero-order chi connectivity index (χ0) is 66.0. The molecular weight excluding hydrogens is 1210 g/mol. The highest BCUT2D eigenvalue weighted by atomic mass is 15.0. The zero-order valence-corrected chi connectivity index (χ0v) is 54.7. The Morgan fingerprint density at radius 1 is 0.130 bits per heavy atom. The van der Waals surface area contributed by atoms with E-state index in [1.807, 2.05) is 0 Å². The Kier molecular flexibility index (Phi) is 14.2. The molecule has 0 saturated carbocycles. The Bertz CT molecular complexity index is 6450. The molecule has 0 radical (unpaired) electrons. The van der Waals surface area contributed by atoms with E-state index in [-0.39, 0.29) is 0 Å². The van der Waals surface area contributed by atoms with Gasteiger partial charge in [-0.3, -0.25) is 0 Å². The molecule has 0 N–H and O–H groups in total. The van der Waals surface area contributed by atoms with Gasteiger partial charge in [0.1, 0.15) is 0 Å². The van der Waals surface area contributed by atoms with Crippen molar-refractivity contribution in [3.05, 3.63) is 388 Å². The molecule has 4 nitrogen and oxygen atoms in total. The number of aromatic nitrogens is 4. The van der Waals surface area contributed by atoms with Crippen LogP contribution in [0.25, 0.3) is 177 Å². The van der Waals surface area contributed by atoms with Crippen LogP contribution in [0.1, 0.15) is 0 Å². The number of nitrogens with zero attached hydrogens (tertiary/aromatic N) is 4. The van der Waals surface area contributed by atoms with Crippen molar-refractivity contribution >= 4 is 87.2 Å². The Hall–Kier alpha value is -13.3. The minimum atomic E-state index is 1.15. The first-order valence-corrected chi connectivity index (χ1v) is 34.4. The Morgan fingerprint density at radius 2 is 0.390 bits per heavy atom. The van der Waals surface area contributed by atoms with Crippen molar-refractivity contribution in [3.8, 4) is 89.5 Å². The first-order chi connectivity index (χ1) is 49.6. The van der Waals surface area contributed by atoms with Gasteiger partial charge in [0.25, 0.3) is 0 Å². The molecular formula is C96H64N4. The maximum atomic E-state index is 2.45. The molecule has 0 atom stereocenters. The van der Waals surface area contributed by atoms with Crippen LogP contribution in [0.15, 0.2) is 388 Å². The van der Waals surface area contributed by atoms with Gasteiger partial charge in [0, 0.05) is 77.0 Å². The molecule has 4 heterocycles. The smallest absolute Gasteiger partial charge is 0.0619 e. The molecule has 0 aliphatic heterocycles. The van der Waals surface area contributed by atoms with Gasteiger partial charge in [0.05, 0.1) is 44.1 Å². The normalized spacial score (nSPS) is 11.6. The third-order valence-electron chi connectivity index (χ3n) is 20.3. The summed E-state index contributed by atoms with van der Waals surface area (Å²) in [6.45, 7) is 0. The van der Waals surface area contributed by atoms with Gasteiger partial charge in [-0.25, -0.2) is 0 Å². The minimum absolute atomic E-state index is 1.15. The van der Waals surface area contributed by atoms with Gasteiger partial charge in [-0.05, 0) is 153 Å². The van der Waals surface area contributed by atoms with Crippen molar-refractivity contribution in [2.45, 2.75) is 0 Å². The van der Waals surface area contributed by atoms with Gasteiger partial charge in [-0.2, -0.15) is 0 Å². The van der Waals surface area contributed by atoms with E-state index >= 15 is 0 Å². The summed E-state index contributed by atoms with van der Waals surface area (Å²) in [5.74, 6) is 0. The molecule has 0 bridgehead atoms. The topological polar surface area (TPSA) is 19.7 Å². The number of hydrogen-bond acceptors (Lipinski definition) is 0. The quantitative estimate of drug-likeness (QED) is 0.130. The highest BCUT2D eigenvalue weighted by Crippen LogP contribution is 2.44. The summed E-state index contributed by atoms with van der Waals surface area (Å²) in [5, 5.41) is 10.0. The number of rotatable bonds is 10. The molecule has 100 heavy (non-hydrogen) atoms. The molecule has 4 heteroatoms. The van der Waals surface area contributed by atoms with E-state index in [1.54, 1.807) is 0 Å². The zero-order valence-electron chi connectivity index (χ0n) is 54.7. The molecule has 0 unspecified atom stereocenters. The molecule has 0 aliphatic carbocycles. The summed E-state index contributed by atoms with van der Waals surface area (Å²) in [5.41, 5.74) is 28.9. The first-order valence-electron chi connectivity index (χ1n) is 34.4. The Morgan fingerprint density at radius 3 is 0.780 bits per heavy atom. The van der Waals surface area contributed by atoms with Crippen molar-refractivity contribution in [1.29, 1.82) is 0 Å².